The Morgan fingerprint density at radius 1 is 1.21 bits per heavy atom. The molecule has 0 aliphatic carbocycles. The number of amides is 1. The van der Waals surface area contributed by atoms with Gasteiger partial charge in [0.05, 0.1) is 18.0 Å². The molecule has 28 heavy (non-hydrogen) atoms. The number of aromatic nitrogens is 5. The summed E-state index contributed by atoms with van der Waals surface area (Å²) in [5.74, 6) is 0.530. The summed E-state index contributed by atoms with van der Waals surface area (Å²) < 4.78 is 1.63. The fraction of sp³-hybridized carbons (Fsp3) is 0.350. The van der Waals surface area contributed by atoms with Crippen molar-refractivity contribution in [3.63, 3.8) is 0 Å². The lowest BCUT2D eigenvalue weighted by molar-refractivity contribution is 0.0922. The smallest absolute Gasteiger partial charge is 0.251 e. The molecule has 1 atom stereocenters. The van der Waals surface area contributed by atoms with E-state index in [0.29, 0.717) is 17.1 Å². The largest absolute Gasteiger partial charge is 0.394 e. The van der Waals surface area contributed by atoms with E-state index in [4.69, 9.17) is 0 Å². The first-order valence-electron chi connectivity index (χ1n) is 9.17. The van der Waals surface area contributed by atoms with Crippen molar-refractivity contribution in [3.05, 3.63) is 53.5 Å². The van der Waals surface area contributed by atoms with Gasteiger partial charge in [0.2, 0.25) is 0 Å². The molecule has 2 heterocycles. The number of tetrazole rings is 1. The molecule has 0 saturated heterocycles. The van der Waals surface area contributed by atoms with Crippen LogP contribution in [0, 0.1) is 6.92 Å². The number of hydrogen-bond donors (Lipinski definition) is 2. The number of nitrogens with zero attached hydrogens (tertiary/aromatic N) is 5. The van der Waals surface area contributed by atoms with Gasteiger partial charge in [-0.2, -0.15) is 4.68 Å². The Balaban J connectivity index is 2.12. The fourth-order valence-electron chi connectivity index (χ4n) is 2.74. The lowest BCUT2D eigenvalue weighted by Gasteiger charge is -2.14. The van der Waals surface area contributed by atoms with E-state index in [9.17, 15) is 9.90 Å². The van der Waals surface area contributed by atoms with Crippen molar-refractivity contribution in [2.45, 2.75) is 39.7 Å². The molecule has 3 rings (SSSR count). The summed E-state index contributed by atoms with van der Waals surface area (Å²) in [6, 6.07) is 8.96. The van der Waals surface area contributed by atoms with Gasteiger partial charge < -0.3 is 10.4 Å². The Labute approximate surface area is 163 Å². The number of aryl methyl sites for hydroxylation is 1. The number of aliphatic hydroxyl groups excluding tert-OH is 1. The molecule has 8 nitrogen and oxygen atoms in total. The highest BCUT2D eigenvalue weighted by Gasteiger charge is 2.17. The van der Waals surface area contributed by atoms with Crippen LogP contribution in [0.1, 0.15) is 48.4 Å². The van der Waals surface area contributed by atoms with Crippen molar-refractivity contribution >= 4 is 5.91 Å². The van der Waals surface area contributed by atoms with E-state index in [-0.39, 0.29) is 24.5 Å². The minimum atomic E-state index is -0.351. The van der Waals surface area contributed by atoms with E-state index in [1.807, 2.05) is 39.0 Å². The molecular weight excluding hydrogens is 356 g/mol. The van der Waals surface area contributed by atoms with Crippen LogP contribution >= 0.6 is 0 Å². The second-order valence-corrected chi connectivity index (χ2v) is 7.15. The van der Waals surface area contributed by atoms with Gasteiger partial charge in [-0.1, -0.05) is 19.9 Å². The third-order valence-corrected chi connectivity index (χ3v) is 4.29. The molecule has 2 N–H and O–H groups in total. The SMILES string of the molecule is Cc1ccc(-c2cc(C(=O)NC(C)CO)cc(-n3nnnc3C(C)C)c2)nc1. The first-order valence-corrected chi connectivity index (χ1v) is 9.17. The predicted molar refractivity (Wildman–Crippen MR) is 105 cm³/mol. The summed E-state index contributed by atoms with van der Waals surface area (Å²) in [6.45, 7) is 7.58. The molecule has 1 aromatic carbocycles. The van der Waals surface area contributed by atoms with E-state index < -0.39 is 0 Å². The first kappa shape index (κ1) is 19.6. The quantitative estimate of drug-likeness (QED) is 0.679. The number of carbonyl (C=O) groups excluding carboxylic acids is 1. The monoisotopic (exact) mass is 380 g/mol. The third kappa shape index (κ3) is 4.23. The minimum absolute atomic E-state index is 0.114. The number of carbonyl (C=O) groups is 1. The minimum Gasteiger partial charge on any atom is -0.394 e. The standard InChI is InChI=1S/C20H24N6O2/c1-12(2)19-23-24-25-26(19)17-8-15(18-6-5-13(3)10-21-18)7-16(9-17)20(28)22-14(4)11-27/h5-10,12,14,27H,11H2,1-4H3,(H,22,28). The van der Waals surface area contributed by atoms with E-state index >= 15 is 0 Å². The second kappa shape index (κ2) is 8.26. The van der Waals surface area contributed by atoms with Crippen LogP contribution in [0.5, 0.6) is 0 Å². The zero-order valence-electron chi connectivity index (χ0n) is 16.4. The van der Waals surface area contributed by atoms with Crippen LogP contribution in [0.2, 0.25) is 0 Å². The van der Waals surface area contributed by atoms with Crippen LogP contribution in [-0.4, -0.2) is 48.9 Å². The Morgan fingerprint density at radius 2 is 2.00 bits per heavy atom. The van der Waals surface area contributed by atoms with Gasteiger partial charge in [0.25, 0.3) is 5.91 Å². The van der Waals surface area contributed by atoms with Crippen molar-refractivity contribution in [3.8, 4) is 16.9 Å². The molecule has 0 radical (unpaired) electrons. The summed E-state index contributed by atoms with van der Waals surface area (Å²) in [5.41, 5.74) is 3.70. The van der Waals surface area contributed by atoms with Gasteiger partial charge in [-0.05, 0) is 54.1 Å². The Kier molecular flexibility index (Phi) is 5.79. The van der Waals surface area contributed by atoms with E-state index in [2.05, 4.69) is 25.8 Å². The van der Waals surface area contributed by atoms with Gasteiger partial charge >= 0.3 is 0 Å². The van der Waals surface area contributed by atoms with Crippen molar-refractivity contribution in [2.24, 2.45) is 0 Å². The van der Waals surface area contributed by atoms with Gasteiger partial charge in [0.15, 0.2) is 5.82 Å². The number of hydrogen-bond acceptors (Lipinski definition) is 6. The van der Waals surface area contributed by atoms with Crippen molar-refractivity contribution < 1.29 is 9.90 Å². The van der Waals surface area contributed by atoms with Gasteiger partial charge in [-0.25, -0.2) is 0 Å². The highest BCUT2D eigenvalue weighted by atomic mass is 16.3. The number of rotatable bonds is 6. The molecule has 3 aromatic rings. The molecule has 1 unspecified atom stereocenters. The molecule has 0 saturated carbocycles. The molecule has 0 fully saturated rings. The van der Waals surface area contributed by atoms with E-state index in [1.54, 1.807) is 29.9 Å². The number of benzene rings is 1. The zero-order chi connectivity index (χ0) is 20.3. The summed E-state index contributed by atoms with van der Waals surface area (Å²) in [7, 11) is 0. The van der Waals surface area contributed by atoms with Crippen LogP contribution in [0.4, 0.5) is 0 Å². The van der Waals surface area contributed by atoms with Gasteiger partial charge in [0, 0.05) is 29.3 Å². The molecule has 2 aromatic heterocycles. The van der Waals surface area contributed by atoms with Crippen LogP contribution in [0.25, 0.3) is 16.9 Å². The Hall–Kier alpha value is -3.13. The van der Waals surface area contributed by atoms with Crippen molar-refractivity contribution in [1.82, 2.24) is 30.5 Å². The van der Waals surface area contributed by atoms with Crippen molar-refractivity contribution in [1.29, 1.82) is 0 Å². The van der Waals surface area contributed by atoms with E-state index in [0.717, 1.165) is 16.8 Å². The highest BCUT2D eigenvalue weighted by molar-refractivity contribution is 5.96. The van der Waals surface area contributed by atoms with Gasteiger partial charge in [-0.3, -0.25) is 9.78 Å². The molecule has 1 amide bonds. The predicted octanol–water partition coefficient (Wildman–Crippen LogP) is 2.27. The lowest BCUT2D eigenvalue weighted by atomic mass is 10.0. The maximum absolute atomic E-state index is 12.7. The third-order valence-electron chi connectivity index (χ3n) is 4.29. The molecule has 8 heteroatoms. The average Bonchev–Trinajstić information content (AvgIpc) is 3.18. The summed E-state index contributed by atoms with van der Waals surface area (Å²) in [4.78, 5) is 17.2. The average molecular weight is 380 g/mol. The maximum atomic E-state index is 12.7. The summed E-state index contributed by atoms with van der Waals surface area (Å²) in [5, 5.41) is 24.0. The fourth-order valence-corrected chi connectivity index (χ4v) is 2.74. The van der Waals surface area contributed by atoms with Gasteiger partial charge in [0.1, 0.15) is 0 Å². The van der Waals surface area contributed by atoms with Crippen LogP contribution in [0.3, 0.4) is 0 Å². The molecule has 0 bridgehead atoms. The number of pyridine rings is 1. The molecule has 0 aliphatic heterocycles. The molecular formula is C20H24N6O2. The summed E-state index contributed by atoms with van der Waals surface area (Å²) >= 11 is 0. The van der Waals surface area contributed by atoms with Gasteiger partial charge in [-0.15, -0.1) is 5.10 Å². The van der Waals surface area contributed by atoms with Crippen molar-refractivity contribution in [2.75, 3.05) is 6.61 Å². The zero-order valence-corrected chi connectivity index (χ0v) is 16.4. The molecule has 0 spiro atoms. The Bertz CT molecular complexity index is 965. The van der Waals surface area contributed by atoms with E-state index in [1.165, 1.54) is 0 Å². The maximum Gasteiger partial charge on any atom is 0.251 e. The normalized spacial score (nSPS) is 12.2. The number of aliphatic hydroxyl groups is 1. The van der Waals surface area contributed by atoms with Crippen LogP contribution in [-0.2, 0) is 0 Å². The van der Waals surface area contributed by atoms with Crippen LogP contribution < -0.4 is 5.32 Å². The first-order chi connectivity index (χ1) is 13.4. The summed E-state index contributed by atoms with van der Waals surface area (Å²) in [6.07, 6.45) is 1.78. The Morgan fingerprint density at radius 3 is 2.64 bits per heavy atom. The molecule has 0 aliphatic rings. The number of nitrogens with one attached hydrogen (secondary N) is 1. The molecule has 146 valence electrons. The topological polar surface area (TPSA) is 106 Å². The highest BCUT2D eigenvalue weighted by Crippen LogP contribution is 2.24. The second-order valence-electron chi connectivity index (χ2n) is 7.15. The van der Waals surface area contributed by atoms with Crippen LogP contribution in [0.15, 0.2) is 36.5 Å². The lowest BCUT2D eigenvalue weighted by Crippen LogP contribution is -2.35.